The Bertz CT molecular complexity index is 1270. The summed E-state index contributed by atoms with van der Waals surface area (Å²) in [6.45, 7) is 7.77. The Morgan fingerprint density at radius 2 is 1.73 bits per heavy atom. The molecule has 2 aromatic heterocycles. The van der Waals surface area contributed by atoms with E-state index < -0.39 is 0 Å². The van der Waals surface area contributed by atoms with E-state index >= 15 is 0 Å². The zero-order valence-corrected chi connectivity index (χ0v) is 19.0. The number of pyridine rings is 1. The second-order valence-corrected chi connectivity index (χ2v) is 8.61. The van der Waals surface area contributed by atoms with Crippen LogP contribution in [0.2, 0.25) is 0 Å². The molecule has 0 bridgehead atoms. The van der Waals surface area contributed by atoms with Crippen LogP contribution in [0.4, 0.5) is 10.5 Å². The van der Waals surface area contributed by atoms with Crippen molar-refractivity contribution in [2.45, 2.75) is 20.4 Å². The fraction of sp³-hybridized carbons (Fsp3) is 0.269. The summed E-state index contributed by atoms with van der Waals surface area (Å²) >= 11 is 0. The number of aromatic nitrogens is 3. The summed E-state index contributed by atoms with van der Waals surface area (Å²) in [7, 11) is 0. The van der Waals surface area contributed by atoms with E-state index in [9.17, 15) is 4.79 Å². The molecule has 0 unspecified atom stereocenters. The van der Waals surface area contributed by atoms with E-state index in [1.807, 2.05) is 54.4 Å². The highest BCUT2D eigenvalue weighted by atomic mass is 16.2. The van der Waals surface area contributed by atoms with Gasteiger partial charge in [0.1, 0.15) is 11.3 Å². The third-order valence-corrected chi connectivity index (χ3v) is 6.07. The summed E-state index contributed by atoms with van der Waals surface area (Å²) in [6.07, 6.45) is 1.81. The van der Waals surface area contributed by atoms with E-state index in [-0.39, 0.29) is 6.03 Å². The highest BCUT2D eigenvalue weighted by Crippen LogP contribution is 2.22. The number of fused-ring (bicyclic) bond motifs is 1. The molecule has 3 heterocycles. The number of nitrogens with zero attached hydrogens (tertiary/aromatic N) is 5. The minimum Gasteiger partial charge on any atom is -0.322 e. The third kappa shape index (κ3) is 4.59. The number of aryl methyl sites for hydroxylation is 2. The maximum absolute atomic E-state index is 12.7. The van der Waals surface area contributed by atoms with Crippen molar-refractivity contribution in [3.8, 4) is 5.69 Å². The maximum Gasteiger partial charge on any atom is 0.321 e. The van der Waals surface area contributed by atoms with Crippen molar-refractivity contribution < 1.29 is 4.79 Å². The zero-order chi connectivity index (χ0) is 22.8. The van der Waals surface area contributed by atoms with Gasteiger partial charge in [-0.05, 0) is 55.8 Å². The number of anilines is 1. The summed E-state index contributed by atoms with van der Waals surface area (Å²) in [5.41, 5.74) is 6.01. The molecule has 0 spiro atoms. The molecule has 0 saturated carbocycles. The molecule has 0 radical (unpaired) electrons. The average molecular weight is 441 g/mol. The molecule has 0 aliphatic carbocycles. The number of nitrogens with one attached hydrogen (secondary N) is 1. The lowest BCUT2D eigenvalue weighted by molar-refractivity contribution is 0.140. The SMILES string of the molecule is Cc1ccc(-n2c(CN3CCN(C(=O)Nc4cccc(C)c4)CC3)nc3cccnc32)cc1. The van der Waals surface area contributed by atoms with Gasteiger partial charge in [-0.1, -0.05) is 29.8 Å². The first-order valence-electron chi connectivity index (χ1n) is 11.3. The minimum atomic E-state index is -0.0451. The normalized spacial score (nSPS) is 14.5. The molecule has 4 aromatic rings. The lowest BCUT2D eigenvalue weighted by atomic mass is 10.2. The Hall–Kier alpha value is -3.71. The molecule has 1 fully saturated rings. The van der Waals surface area contributed by atoms with Crippen LogP contribution in [0.5, 0.6) is 0 Å². The lowest BCUT2D eigenvalue weighted by Gasteiger charge is -2.34. The molecule has 0 atom stereocenters. The molecule has 5 rings (SSSR count). The maximum atomic E-state index is 12.7. The first kappa shape index (κ1) is 21.2. The fourth-order valence-electron chi connectivity index (χ4n) is 4.26. The van der Waals surface area contributed by atoms with Crippen LogP contribution in [0.25, 0.3) is 16.9 Å². The monoisotopic (exact) mass is 440 g/mol. The van der Waals surface area contributed by atoms with Crippen LogP contribution in [0.15, 0.2) is 66.9 Å². The molecule has 1 aliphatic heterocycles. The molecular weight excluding hydrogens is 412 g/mol. The van der Waals surface area contributed by atoms with Gasteiger partial charge in [-0.25, -0.2) is 14.8 Å². The van der Waals surface area contributed by atoms with Crippen LogP contribution < -0.4 is 5.32 Å². The summed E-state index contributed by atoms with van der Waals surface area (Å²) in [5.74, 6) is 0.963. The van der Waals surface area contributed by atoms with Gasteiger partial charge in [0.25, 0.3) is 0 Å². The topological polar surface area (TPSA) is 66.3 Å². The smallest absolute Gasteiger partial charge is 0.321 e. The van der Waals surface area contributed by atoms with Gasteiger partial charge in [0, 0.05) is 43.8 Å². The van der Waals surface area contributed by atoms with E-state index in [2.05, 4.69) is 51.0 Å². The van der Waals surface area contributed by atoms with Crippen LogP contribution in [0.1, 0.15) is 17.0 Å². The van der Waals surface area contributed by atoms with Crippen molar-refractivity contribution in [2.75, 3.05) is 31.5 Å². The third-order valence-electron chi connectivity index (χ3n) is 6.07. The first-order valence-corrected chi connectivity index (χ1v) is 11.3. The van der Waals surface area contributed by atoms with Gasteiger partial charge in [-0.3, -0.25) is 9.47 Å². The lowest BCUT2D eigenvalue weighted by Crippen LogP contribution is -2.49. The fourth-order valence-corrected chi connectivity index (χ4v) is 4.26. The van der Waals surface area contributed by atoms with E-state index in [0.29, 0.717) is 19.6 Å². The van der Waals surface area contributed by atoms with Gasteiger partial charge in [0.2, 0.25) is 0 Å². The Labute approximate surface area is 193 Å². The van der Waals surface area contributed by atoms with Gasteiger partial charge < -0.3 is 10.2 Å². The minimum absolute atomic E-state index is 0.0451. The quantitative estimate of drug-likeness (QED) is 0.511. The van der Waals surface area contributed by atoms with Crippen molar-refractivity contribution >= 4 is 22.9 Å². The molecule has 7 nitrogen and oxygen atoms in total. The van der Waals surface area contributed by atoms with Crippen LogP contribution in [-0.4, -0.2) is 56.5 Å². The van der Waals surface area contributed by atoms with E-state index in [1.165, 1.54) is 5.56 Å². The number of urea groups is 1. The molecule has 33 heavy (non-hydrogen) atoms. The summed E-state index contributed by atoms with van der Waals surface area (Å²) in [6, 6.07) is 20.2. The van der Waals surface area contributed by atoms with Crippen LogP contribution in [0, 0.1) is 13.8 Å². The van der Waals surface area contributed by atoms with Gasteiger partial charge in [0.15, 0.2) is 5.65 Å². The largest absolute Gasteiger partial charge is 0.322 e. The summed E-state index contributed by atoms with van der Waals surface area (Å²) in [5, 5.41) is 3.01. The van der Waals surface area contributed by atoms with Gasteiger partial charge in [-0.2, -0.15) is 0 Å². The summed E-state index contributed by atoms with van der Waals surface area (Å²) < 4.78 is 2.14. The number of benzene rings is 2. The standard InChI is InChI=1S/C26H28N6O/c1-19-8-10-22(11-9-19)32-24(29-23-7-4-12-27-25(23)32)18-30-13-15-31(16-14-30)26(33)28-21-6-3-5-20(2)17-21/h3-12,17H,13-16,18H2,1-2H3,(H,28,33). The average Bonchev–Trinajstić information content (AvgIpc) is 3.18. The Kier molecular flexibility index (Phi) is 5.79. The molecule has 2 aromatic carbocycles. The number of carbonyl (C=O) groups is 1. The second-order valence-electron chi connectivity index (χ2n) is 8.61. The first-order chi connectivity index (χ1) is 16.1. The van der Waals surface area contributed by atoms with Crippen molar-refractivity contribution in [1.29, 1.82) is 0 Å². The number of rotatable bonds is 4. The van der Waals surface area contributed by atoms with E-state index in [4.69, 9.17) is 4.98 Å². The molecular formula is C26H28N6O. The van der Waals surface area contributed by atoms with Crippen LogP contribution in [0.3, 0.4) is 0 Å². The number of hydrogen-bond donors (Lipinski definition) is 1. The van der Waals surface area contributed by atoms with Gasteiger partial charge >= 0.3 is 6.03 Å². The number of piperazine rings is 1. The highest BCUT2D eigenvalue weighted by molar-refractivity contribution is 5.89. The van der Waals surface area contributed by atoms with Gasteiger partial charge in [-0.15, -0.1) is 0 Å². The molecule has 1 N–H and O–H groups in total. The second kappa shape index (κ2) is 9.03. The van der Waals surface area contributed by atoms with Crippen molar-refractivity contribution in [1.82, 2.24) is 24.3 Å². The highest BCUT2D eigenvalue weighted by Gasteiger charge is 2.23. The van der Waals surface area contributed by atoms with E-state index in [0.717, 1.165) is 47.0 Å². The molecule has 2 amide bonds. The zero-order valence-electron chi connectivity index (χ0n) is 19.0. The Morgan fingerprint density at radius 3 is 2.48 bits per heavy atom. The van der Waals surface area contributed by atoms with Crippen LogP contribution >= 0.6 is 0 Å². The number of amides is 2. The Balaban J connectivity index is 1.29. The van der Waals surface area contributed by atoms with Crippen molar-refractivity contribution in [3.05, 3.63) is 83.8 Å². The molecule has 7 heteroatoms. The van der Waals surface area contributed by atoms with Gasteiger partial charge in [0.05, 0.1) is 6.54 Å². The molecule has 168 valence electrons. The van der Waals surface area contributed by atoms with Crippen molar-refractivity contribution in [2.24, 2.45) is 0 Å². The molecule has 1 aliphatic rings. The Morgan fingerprint density at radius 1 is 0.939 bits per heavy atom. The van der Waals surface area contributed by atoms with Crippen molar-refractivity contribution in [3.63, 3.8) is 0 Å². The number of hydrogen-bond acceptors (Lipinski definition) is 4. The van der Waals surface area contributed by atoms with Crippen LogP contribution in [-0.2, 0) is 6.54 Å². The van der Waals surface area contributed by atoms with E-state index in [1.54, 1.807) is 0 Å². The number of imidazole rings is 1. The predicted octanol–water partition coefficient (Wildman–Crippen LogP) is 4.39. The predicted molar refractivity (Wildman–Crippen MR) is 131 cm³/mol. The summed E-state index contributed by atoms with van der Waals surface area (Å²) in [4.78, 5) is 26.4. The number of carbonyl (C=O) groups excluding carboxylic acids is 1. The molecule has 1 saturated heterocycles.